The Morgan fingerprint density at radius 1 is 0.929 bits per heavy atom. The fraction of sp³-hybridized carbons (Fsp3) is 0.0909. The predicted molar refractivity (Wildman–Crippen MR) is 108 cm³/mol. The van der Waals surface area contributed by atoms with E-state index in [1.165, 1.54) is 13.2 Å². The minimum atomic E-state index is -0.489. The molecule has 3 aromatic carbocycles. The van der Waals surface area contributed by atoms with Crippen molar-refractivity contribution in [2.24, 2.45) is 0 Å². The van der Waals surface area contributed by atoms with E-state index in [9.17, 15) is 9.59 Å². The van der Waals surface area contributed by atoms with Gasteiger partial charge in [-0.2, -0.15) is 0 Å². The van der Waals surface area contributed by atoms with Crippen LogP contribution in [0.1, 0.15) is 26.3 Å². The molecule has 142 valence electrons. The van der Waals surface area contributed by atoms with E-state index in [-0.39, 0.29) is 5.91 Å². The maximum atomic E-state index is 12.4. The molecule has 0 aliphatic heterocycles. The van der Waals surface area contributed by atoms with Crippen molar-refractivity contribution in [3.63, 3.8) is 0 Å². The number of hydrogen-bond acceptors (Lipinski definition) is 4. The van der Waals surface area contributed by atoms with Crippen molar-refractivity contribution in [3.8, 4) is 5.75 Å². The van der Waals surface area contributed by atoms with E-state index in [0.717, 1.165) is 5.56 Å². The van der Waals surface area contributed by atoms with Crippen LogP contribution in [-0.2, 0) is 11.3 Å². The first-order chi connectivity index (χ1) is 13.5. The molecule has 0 heterocycles. The Morgan fingerprint density at radius 2 is 1.61 bits per heavy atom. The molecular formula is C22H18ClNO4. The molecule has 6 heteroatoms. The Bertz CT molecular complexity index is 969. The lowest BCUT2D eigenvalue weighted by Crippen LogP contribution is -2.13. The first-order valence-electron chi connectivity index (χ1n) is 8.52. The van der Waals surface area contributed by atoms with Crippen molar-refractivity contribution in [2.45, 2.75) is 6.61 Å². The molecule has 0 saturated carbocycles. The topological polar surface area (TPSA) is 64.6 Å². The number of carbonyl (C=O) groups is 2. The minimum Gasteiger partial charge on any atom is -0.489 e. The van der Waals surface area contributed by atoms with Crippen molar-refractivity contribution >= 4 is 29.2 Å². The average Bonchev–Trinajstić information content (AvgIpc) is 2.74. The highest BCUT2D eigenvalue weighted by atomic mass is 35.5. The van der Waals surface area contributed by atoms with E-state index in [2.05, 4.69) is 10.1 Å². The smallest absolute Gasteiger partial charge is 0.337 e. The quantitative estimate of drug-likeness (QED) is 0.599. The van der Waals surface area contributed by atoms with Crippen molar-refractivity contribution in [1.29, 1.82) is 0 Å². The summed E-state index contributed by atoms with van der Waals surface area (Å²) in [5.74, 6) is -0.127. The van der Waals surface area contributed by atoms with Crippen LogP contribution in [0.15, 0.2) is 72.8 Å². The third-order valence-electron chi connectivity index (χ3n) is 3.98. The monoisotopic (exact) mass is 395 g/mol. The van der Waals surface area contributed by atoms with Gasteiger partial charge in [0.05, 0.1) is 12.7 Å². The number of carbonyl (C=O) groups excluding carboxylic acids is 2. The summed E-state index contributed by atoms with van der Waals surface area (Å²) in [7, 11) is 1.30. The SMILES string of the molecule is COC(=O)c1cccc(C(=O)Nc2ccc(OCc3ccc(Cl)cc3)cc2)c1. The molecule has 0 aliphatic carbocycles. The van der Waals surface area contributed by atoms with Gasteiger partial charge in [0, 0.05) is 16.3 Å². The molecule has 0 bridgehead atoms. The highest BCUT2D eigenvalue weighted by Gasteiger charge is 2.11. The van der Waals surface area contributed by atoms with Gasteiger partial charge in [-0.25, -0.2) is 4.79 Å². The Kier molecular flexibility index (Phi) is 6.29. The fourth-order valence-corrected chi connectivity index (χ4v) is 2.62. The van der Waals surface area contributed by atoms with Crippen molar-refractivity contribution < 1.29 is 19.1 Å². The van der Waals surface area contributed by atoms with E-state index < -0.39 is 5.97 Å². The van der Waals surface area contributed by atoms with Crippen LogP contribution >= 0.6 is 11.6 Å². The average molecular weight is 396 g/mol. The zero-order valence-corrected chi connectivity index (χ0v) is 15.9. The normalized spacial score (nSPS) is 10.2. The molecule has 5 nitrogen and oxygen atoms in total. The molecule has 28 heavy (non-hydrogen) atoms. The molecule has 0 radical (unpaired) electrons. The van der Waals surface area contributed by atoms with Crippen LogP contribution in [0.25, 0.3) is 0 Å². The number of ether oxygens (including phenoxy) is 2. The number of amides is 1. The third kappa shape index (κ3) is 5.11. The van der Waals surface area contributed by atoms with Gasteiger partial charge in [-0.1, -0.05) is 29.8 Å². The first kappa shape index (κ1) is 19.5. The Hall–Kier alpha value is -3.31. The van der Waals surface area contributed by atoms with Gasteiger partial charge in [0.2, 0.25) is 0 Å². The lowest BCUT2D eigenvalue weighted by atomic mass is 10.1. The zero-order valence-electron chi connectivity index (χ0n) is 15.1. The van der Waals surface area contributed by atoms with Crippen LogP contribution in [0, 0.1) is 0 Å². The third-order valence-corrected chi connectivity index (χ3v) is 4.23. The molecule has 0 saturated heterocycles. The van der Waals surface area contributed by atoms with Crippen LogP contribution < -0.4 is 10.1 Å². The van der Waals surface area contributed by atoms with E-state index in [4.69, 9.17) is 16.3 Å². The van der Waals surface area contributed by atoms with Crippen molar-refractivity contribution in [3.05, 3.63) is 94.5 Å². The lowest BCUT2D eigenvalue weighted by molar-refractivity contribution is 0.0600. The number of benzene rings is 3. The summed E-state index contributed by atoms with van der Waals surface area (Å²) < 4.78 is 10.4. The summed E-state index contributed by atoms with van der Waals surface area (Å²) in [5.41, 5.74) is 2.31. The number of hydrogen-bond donors (Lipinski definition) is 1. The number of methoxy groups -OCH3 is 1. The Labute approximate surface area is 167 Å². The highest BCUT2D eigenvalue weighted by Crippen LogP contribution is 2.19. The fourth-order valence-electron chi connectivity index (χ4n) is 2.49. The molecule has 3 aromatic rings. The number of esters is 1. The zero-order chi connectivity index (χ0) is 19.9. The molecular weight excluding hydrogens is 378 g/mol. The molecule has 0 aromatic heterocycles. The van der Waals surface area contributed by atoms with E-state index in [1.54, 1.807) is 42.5 Å². The van der Waals surface area contributed by atoms with E-state index in [1.807, 2.05) is 24.3 Å². The maximum Gasteiger partial charge on any atom is 0.337 e. The number of anilines is 1. The van der Waals surface area contributed by atoms with Gasteiger partial charge < -0.3 is 14.8 Å². The number of halogens is 1. The van der Waals surface area contributed by atoms with Gasteiger partial charge in [-0.05, 0) is 60.2 Å². The van der Waals surface area contributed by atoms with Crippen LogP contribution in [0.4, 0.5) is 5.69 Å². The lowest BCUT2D eigenvalue weighted by Gasteiger charge is -2.09. The van der Waals surface area contributed by atoms with Crippen LogP contribution in [0.5, 0.6) is 5.75 Å². The van der Waals surface area contributed by atoms with Gasteiger partial charge in [0.15, 0.2) is 0 Å². The summed E-state index contributed by atoms with van der Waals surface area (Å²) in [6.07, 6.45) is 0. The molecule has 0 spiro atoms. The second-order valence-electron chi connectivity index (χ2n) is 5.97. The van der Waals surface area contributed by atoms with Gasteiger partial charge in [-0.15, -0.1) is 0 Å². The van der Waals surface area contributed by atoms with Gasteiger partial charge in [-0.3, -0.25) is 4.79 Å². The molecule has 1 N–H and O–H groups in total. The highest BCUT2D eigenvalue weighted by molar-refractivity contribution is 6.30. The first-order valence-corrected chi connectivity index (χ1v) is 8.90. The van der Waals surface area contributed by atoms with Crippen LogP contribution in [0.2, 0.25) is 5.02 Å². The Morgan fingerprint density at radius 3 is 2.29 bits per heavy atom. The predicted octanol–water partition coefficient (Wildman–Crippen LogP) is 4.96. The van der Waals surface area contributed by atoms with E-state index in [0.29, 0.717) is 34.2 Å². The molecule has 0 atom stereocenters. The largest absolute Gasteiger partial charge is 0.489 e. The second-order valence-corrected chi connectivity index (χ2v) is 6.40. The summed E-state index contributed by atoms with van der Waals surface area (Å²) in [6, 6.07) is 20.8. The Balaban J connectivity index is 1.60. The van der Waals surface area contributed by atoms with Crippen LogP contribution in [0.3, 0.4) is 0 Å². The minimum absolute atomic E-state index is 0.319. The summed E-state index contributed by atoms with van der Waals surface area (Å²) in [4.78, 5) is 24.0. The second kappa shape index (κ2) is 9.06. The van der Waals surface area contributed by atoms with Gasteiger partial charge in [0.25, 0.3) is 5.91 Å². The standard InChI is InChI=1S/C22H18ClNO4/c1-27-22(26)17-4-2-3-16(13-17)21(25)24-19-9-11-20(12-10-19)28-14-15-5-7-18(23)8-6-15/h2-13H,14H2,1H3,(H,24,25). The number of nitrogens with one attached hydrogen (secondary N) is 1. The van der Waals surface area contributed by atoms with Crippen molar-refractivity contribution in [1.82, 2.24) is 0 Å². The van der Waals surface area contributed by atoms with E-state index >= 15 is 0 Å². The summed E-state index contributed by atoms with van der Waals surface area (Å²) in [5, 5.41) is 3.47. The van der Waals surface area contributed by atoms with Crippen LogP contribution in [-0.4, -0.2) is 19.0 Å². The van der Waals surface area contributed by atoms with Gasteiger partial charge >= 0.3 is 5.97 Å². The summed E-state index contributed by atoms with van der Waals surface area (Å²) in [6.45, 7) is 0.420. The molecule has 3 rings (SSSR count). The summed E-state index contributed by atoms with van der Waals surface area (Å²) >= 11 is 5.87. The molecule has 0 unspecified atom stereocenters. The maximum absolute atomic E-state index is 12.4. The number of rotatable bonds is 6. The molecule has 0 fully saturated rings. The van der Waals surface area contributed by atoms with Gasteiger partial charge in [0.1, 0.15) is 12.4 Å². The molecule has 1 amide bonds. The van der Waals surface area contributed by atoms with Crippen molar-refractivity contribution in [2.75, 3.05) is 12.4 Å². The molecule has 0 aliphatic rings.